The van der Waals surface area contributed by atoms with Gasteiger partial charge in [-0.05, 0) is 61.4 Å². The van der Waals surface area contributed by atoms with Gasteiger partial charge in [0.15, 0.2) is 0 Å². The Morgan fingerprint density at radius 2 is 0.889 bits per heavy atom. The van der Waals surface area contributed by atoms with Crippen molar-refractivity contribution in [2.24, 2.45) is 0 Å². The monoisotopic (exact) mass is 744 g/mol. The number of hydrogen-bond acceptors (Lipinski definition) is 3. The van der Waals surface area contributed by atoms with Crippen LogP contribution in [-0.2, 0) is 11.8 Å². The second-order valence-electron chi connectivity index (χ2n) is 11.8. The van der Waals surface area contributed by atoms with Gasteiger partial charge in [0, 0.05) is 46.8 Å². The molecular weight excluding hydrogens is 712 g/mol. The number of carbonyl (C=O) groups excluding carboxylic acids is 1. The molecule has 6 rings (SSSR count). The maximum Gasteiger partial charge on any atom is 0.351 e. The summed E-state index contributed by atoms with van der Waals surface area (Å²) >= 11 is 0. The highest BCUT2D eigenvalue weighted by molar-refractivity contribution is 6.01. The number of halogens is 8. The molecule has 0 N–H and O–H groups in total. The molecule has 0 aliphatic heterocycles. The molecule has 3 nitrogen and oxygen atoms in total. The molecule has 0 unspecified atom stereocenters. The van der Waals surface area contributed by atoms with Crippen LogP contribution in [0.15, 0.2) is 141 Å². The summed E-state index contributed by atoms with van der Waals surface area (Å²) in [4.78, 5) is 19.6. The van der Waals surface area contributed by atoms with Gasteiger partial charge in [-0.25, -0.2) is 17.6 Å². The molecule has 2 aromatic heterocycles. The van der Waals surface area contributed by atoms with E-state index in [0.29, 0.717) is 29.3 Å². The SMILES string of the molecule is C=C.C=C(c1ccc(F)cc1F)C(F)(F)c1ccc(-c2ccc(C)cc2)cn1.Cc1ccc(-c2ccc(C(F)(F)C(=O)c3ccc(F)cc3F)nc2)cc1. The Morgan fingerprint density at radius 1 is 0.519 bits per heavy atom. The van der Waals surface area contributed by atoms with E-state index in [1.165, 1.54) is 30.6 Å². The van der Waals surface area contributed by atoms with E-state index in [4.69, 9.17) is 0 Å². The van der Waals surface area contributed by atoms with Crippen LogP contribution in [0.25, 0.3) is 27.8 Å². The molecule has 6 aromatic rings. The number of hydrogen-bond donors (Lipinski definition) is 0. The third-order valence-electron chi connectivity index (χ3n) is 8.04. The summed E-state index contributed by atoms with van der Waals surface area (Å²) in [6, 6.07) is 24.3. The van der Waals surface area contributed by atoms with E-state index < -0.39 is 69.0 Å². The number of rotatable bonds is 8. The van der Waals surface area contributed by atoms with Crippen LogP contribution in [0.2, 0.25) is 0 Å². The summed E-state index contributed by atoms with van der Waals surface area (Å²) in [6.45, 7) is 13.2. The van der Waals surface area contributed by atoms with Crippen molar-refractivity contribution in [2.45, 2.75) is 25.7 Å². The van der Waals surface area contributed by atoms with E-state index >= 15 is 0 Å². The Labute approximate surface area is 307 Å². The Balaban J connectivity index is 0.000000230. The summed E-state index contributed by atoms with van der Waals surface area (Å²) in [5.74, 6) is -13.6. The number of aromatic nitrogens is 2. The third-order valence-corrected chi connectivity index (χ3v) is 8.04. The van der Waals surface area contributed by atoms with Crippen LogP contribution in [0.3, 0.4) is 0 Å². The van der Waals surface area contributed by atoms with Gasteiger partial charge in [0.05, 0.1) is 5.56 Å². The Kier molecular flexibility index (Phi) is 12.8. The van der Waals surface area contributed by atoms with Gasteiger partial charge in [-0.15, -0.1) is 13.2 Å². The zero-order valence-electron chi connectivity index (χ0n) is 29.0. The van der Waals surface area contributed by atoms with Crippen molar-refractivity contribution in [3.63, 3.8) is 0 Å². The second-order valence-corrected chi connectivity index (χ2v) is 11.8. The molecule has 0 amide bonds. The Morgan fingerprint density at radius 3 is 1.26 bits per heavy atom. The zero-order chi connectivity index (χ0) is 39.8. The molecule has 0 atom stereocenters. The topological polar surface area (TPSA) is 42.9 Å². The van der Waals surface area contributed by atoms with Crippen molar-refractivity contribution in [1.29, 1.82) is 0 Å². The average Bonchev–Trinajstić information content (AvgIpc) is 3.16. The minimum atomic E-state index is -4.04. The molecule has 0 bridgehead atoms. The van der Waals surface area contributed by atoms with Gasteiger partial charge in [-0.3, -0.25) is 14.8 Å². The molecule has 0 aliphatic rings. The van der Waals surface area contributed by atoms with Crippen molar-refractivity contribution in [2.75, 3.05) is 0 Å². The second kappa shape index (κ2) is 17.1. The number of Topliss-reactive ketones (excluding diaryl/α,β-unsaturated/α-hetero) is 1. The fourth-order valence-corrected chi connectivity index (χ4v) is 5.01. The highest BCUT2D eigenvalue weighted by atomic mass is 19.3. The summed E-state index contributed by atoms with van der Waals surface area (Å²) in [5.41, 5.74) is 1.60. The van der Waals surface area contributed by atoms with E-state index in [1.807, 2.05) is 62.4 Å². The molecule has 2 heterocycles. The van der Waals surface area contributed by atoms with E-state index in [2.05, 4.69) is 29.7 Å². The molecule has 276 valence electrons. The van der Waals surface area contributed by atoms with Gasteiger partial charge in [0.25, 0.3) is 0 Å². The van der Waals surface area contributed by atoms with E-state index in [9.17, 15) is 39.9 Å². The molecule has 0 spiro atoms. The molecular formula is C43H32F8N2O. The maximum absolute atomic E-state index is 14.7. The third kappa shape index (κ3) is 9.22. The van der Waals surface area contributed by atoms with Crippen LogP contribution >= 0.6 is 0 Å². The smallest absolute Gasteiger partial charge is 0.287 e. The molecule has 11 heteroatoms. The minimum absolute atomic E-state index is 0.386. The molecule has 0 aliphatic carbocycles. The number of nitrogens with zero attached hydrogens (tertiary/aromatic N) is 2. The first-order valence-corrected chi connectivity index (χ1v) is 16.1. The standard InChI is InChI=1S/C21H15F4N.C20H13F4NO.C2H4/c1-13-3-5-15(6-4-13)16-7-10-20(26-12-16)21(24,25)14(2)18-9-8-17(22)11-19(18)23;1-12-2-4-13(5-3-12)14-6-9-18(25-11-14)20(23,24)19(26)16-8-7-15(21)10-17(16)22;1-2/h3-12H,2H2,1H3;2-11H,1H3;1-2H2. The first kappa shape index (κ1) is 40.5. The number of carbonyl (C=O) groups is 1. The number of benzene rings is 4. The van der Waals surface area contributed by atoms with Crippen molar-refractivity contribution in [1.82, 2.24) is 9.97 Å². The maximum atomic E-state index is 14.7. The molecule has 4 aromatic carbocycles. The largest absolute Gasteiger partial charge is 0.351 e. The molecule has 54 heavy (non-hydrogen) atoms. The lowest BCUT2D eigenvalue weighted by molar-refractivity contribution is 0.00427. The average molecular weight is 745 g/mol. The summed E-state index contributed by atoms with van der Waals surface area (Å²) in [6.07, 6.45) is 2.56. The number of alkyl halides is 4. The van der Waals surface area contributed by atoms with Gasteiger partial charge in [0.2, 0.25) is 5.78 Å². The van der Waals surface area contributed by atoms with Crippen molar-refractivity contribution < 1.29 is 39.9 Å². The first-order chi connectivity index (χ1) is 25.6. The van der Waals surface area contributed by atoms with Crippen molar-refractivity contribution >= 4 is 11.4 Å². The lowest BCUT2D eigenvalue weighted by Crippen LogP contribution is -2.28. The van der Waals surface area contributed by atoms with Crippen LogP contribution in [0.5, 0.6) is 0 Å². The lowest BCUT2D eigenvalue weighted by Gasteiger charge is -2.19. The summed E-state index contributed by atoms with van der Waals surface area (Å²) in [5, 5.41) is 0. The van der Waals surface area contributed by atoms with Crippen LogP contribution in [-0.4, -0.2) is 15.8 Å². The van der Waals surface area contributed by atoms with E-state index in [1.54, 1.807) is 0 Å². The highest BCUT2D eigenvalue weighted by Crippen LogP contribution is 2.41. The quantitative estimate of drug-likeness (QED) is 0.0885. The van der Waals surface area contributed by atoms with Crippen LogP contribution in [0.4, 0.5) is 35.1 Å². The van der Waals surface area contributed by atoms with Gasteiger partial charge in [-0.2, -0.15) is 17.6 Å². The van der Waals surface area contributed by atoms with Crippen molar-refractivity contribution in [3.05, 3.63) is 198 Å². The highest BCUT2D eigenvalue weighted by Gasteiger charge is 2.44. The predicted octanol–water partition coefficient (Wildman–Crippen LogP) is 12.3. The van der Waals surface area contributed by atoms with Crippen LogP contribution in [0.1, 0.15) is 38.4 Å². The minimum Gasteiger partial charge on any atom is -0.287 e. The zero-order valence-corrected chi connectivity index (χ0v) is 29.0. The number of allylic oxidation sites excluding steroid dienone is 1. The fraction of sp³-hybridized carbons (Fsp3) is 0.0930. The van der Waals surface area contributed by atoms with Gasteiger partial charge < -0.3 is 0 Å². The molecule has 0 saturated carbocycles. The van der Waals surface area contributed by atoms with Crippen LogP contribution < -0.4 is 0 Å². The van der Waals surface area contributed by atoms with E-state index in [-0.39, 0.29) is 0 Å². The normalized spacial score (nSPS) is 11.1. The van der Waals surface area contributed by atoms with Crippen molar-refractivity contribution in [3.8, 4) is 22.3 Å². The van der Waals surface area contributed by atoms with Gasteiger partial charge in [-0.1, -0.05) is 78.4 Å². The Hall–Kier alpha value is -6.23. The number of pyridine rings is 2. The summed E-state index contributed by atoms with van der Waals surface area (Å²) < 4.78 is 112. The molecule has 0 saturated heterocycles. The fourth-order valence-electron chi connectivity index (χ4n) is 5.01. The van der Waals surface area contributed by atoms with Gasteiger partial charge >= 0.3 is 11.8 Å². The number of aryl methyl sites for hydroxylation is 2. The first-order valence-electron chi connectivity index (χ1n) is 16.1. The molecule has 0 radical (unpaired) electrons. The predicted molar refractivity (Wildman–Crippen MR) is 194 cm³/mol. The number of ketones is 1. The Bertz CT molecular complexity index is 2080. The van der Waals surface area contributed by atoms with Gasteiger partial charge in [0.1, 0.15) is 34.7 Å². The molecule has 0 fully saturated rings. The van der Waals surface area contributed by atoms with Crippen LogP contribution in [0, 0.1) is 37.1 Å². The lowest BCUT2D eigenvalue weighted by atomic mass is 9.97. The summed E-state index contributed by atoms with van der Waals surface area (Å²) in [7, 11) is 0. The van der Waals surface area contributed by atoms with E-state index in [0.717, 1.165) is 46.5 Å².